The SMILES string of the molecule is O=C(c1cc(=O)c2cc(Cl)ccc2o1)N(Cc1ccco1)c1ccccn1. The lowest BCUT2D eigenvalue weighted by Gasteiger charge is -2.20. The van der Waals surface area contributed by atoms with Crippen LogP contribution in [0.25, 0.3) is 11.0 Å². The van der Waals surface area contributed by atoms with Crippen molar-refractivity contribution in [3.63, 3.8) is 0 Å². The smallest absolute Gasteiger partial charge is 0.295 e. The van der Waals surface area contributed by atoms with Crippen molar-refractivity contribution < 1.29 is 13.6 Å². The number of carbonyl (C=O) groups is 1. The average Bonchev–Trinajstić information content (AvgIpc) is 3.20. The van der Waals surface area contributed by atoms with E-state index in [4.69, 9.17) is 20.4 Å². The number of hydrogen-bond donors (Lipinski definition) is 0. The summed E-state index contributed by atoms with van der Waals surface area (Å²) in [5.74, 6) is 0.396. The highest BCUT2D eigenvalue weighted by atomic mass is 35.5. The molecule has 1 amide bonds. The molecule has 0 spiro atoms. The van der Waals surface area contributed by atoms with E-state index >= 15 is 0 Å². The van der Waals surface area contributed by atoms with Gasteiger partial charge in [0.05, 0.1) is 18.2 Å². The predicted octanol–water partition coefficient (Wildman–Crippen LogP) is 4.28. The van der Waals surface area contributed by atoms with Gasteiger partial charge in [0.2, 0.25) is 0 Å². The molecule has 6 nitrogen and oxygen atoms in total. The number of amides is 1. The Hall–Kier alpha value is -3.38. The Morgan fingerprint density at radius 3 is 2.74 bits per heavy atom. The average molecular weight is 381 g/mol. The van der Waals surface area contributed by atoms with Gasteiger partial charge in [0, 0.05) is 17.3 Å². The molecule has 3 aromatic heterocycles. The van der Waals surface area contributed by atoms with Gasteiger partial charge in [-0.2, -0.15) is 0 Å². The molecule has 0 saturated carbocycles. The minimum absolute atomic E-state index is 0.0907. The minimum atomic E-state index is -0.501. The summed E-state index contributed by atoms with van der Waals surface area (Å²) in [5, 5.41) is 0.733. The van der Waals surface area contributed by atoms with Crippen LogP contribution in [0.4, 0.5) is 5.82 Å². The van der Waals surface area contributed by atoms with Crippen LogP contribution >= 0.6 is 11.6 Å². The van der Waals surface area contributed by atoms with E-state index in [0.717, 1.165) is 0 Å². The number of carbonyl (C=O) groups excluding carboxylic acids is 1. The zero-order chi connectivity index (χ0) is 18.8. The number of fused-ring (bicyclic) bond motifs is 1. The number of pyridine rings is 1. The van der Waals surface area contributed by atoms with E-state index in [1.165, 1.54) is 23.3 Å². The Balaban J connectivity index is 1.78. The Labute approximate surface area is 158 Å². The highest BCUT2D eigenvalue weighted by Crippen LogP contribution is 2.21. The van der Waals surface area contributed by atoms with Crippen LogP contribution in [0.5, 0.6) is 0 Å². The number of aromatic nitrogens is 1. The van der Waals surface area contributed by atoms with E-state index in [9.17, 15) is 9.59 Å². The van der Waals surface area contributed by atoms with E-state index in [1.807, 2.05) is 0 Å². The predicted molar refractivity (Wildman–Crippen MR) is 101 cm³/mol. The molecular formula is C20H13ClN2O4. The van der Waals surface area contributed by atoms with Gasteiger partial charge in [-0.05, 0) is 42.5 Å². The maximum absolute atomic E-state index is 13.1. The fraction of sp³-hybridized carbons (Fsp3) is 0.0500. The van der Waals surface area contributed by atoms with Gasteiger partial charge >= 0.3 is 0 Å². The molecule has 0 fully saturated rings. The maximum Gasteiger partial charge on any atom is 0.295 e. The molecule has 27 heavy (non-hydrogen) atoms. The lowest BCUT2D eigenvalue weighted by Crippen LogP contribution is -2.31. The zero-order valence-corrected chi connectivity index (χ0v) is 14.7. The first-order valence-electron chi connectivity index (χ1n) is 8.10. The Kier molecular flexibility index (Phi) is 4.48. The fourth-order valence-electron chi connectivity index (χ4n) is 2.70. The zero-order valence-electron chi connectivity index (χ0n) is 14.0. The van der Waals surface area contributed by atoms with Crippen molar-refractivity contribution >= 4 is 34.3 Å². The van der Waals surface area contributed by atoms with Crippen LogP contribution in [0.2, 0.25) is 5.02 Å². The van der Waals surface area contributed by atoms with Gasteiger partial charge in [-0.15, -0.1) is 0 Å². The summed E-state index contributed by atoms with van der Waals surface area (Å²) < 4.78 is 11.0. The third-order valence-corrected chi connectivity index (χ3v) is 4.20. The van der Waals surface area contributed by atoms with Crippen molar-refractivity contribution in [2.45, 2.75) is 6.54 Å². The third-order valence-electron chi connectivity index (χ3n) is 3.96. The Morgan fingerprint density at radius 2 is 2.00 bits per heavy atom. The lowest BCUT2D eigenvalue weighted by molar-refractivity contribution is 0.0956. The van der Waals surface area contributed by atoms with Gasteiger partial charge in [0.15, 0.2) is 11.2 Å². The van der Waals surface area contributed by atoms with Crippen LogP contribution < -0.4 is 10.3 Å². The molecular weight excluding hydrogens is 368 g/mol. The normalized spacial score (nSPS) is 10.9. The summed E-state index contributed by atoms with van der Waals surface area (Å²) >= 11 is 5.93. The van der Waals surface area contributed by atoms with Crippen molar-refractivity contribution in [1.29, 1.82) is 0 Å². The van der Waals surface area contributed by atoms with Crippen LogP contribution in [-0.4, -0.2) is 10.9 Å². The standard InChI is InChI=1S/C20H13ClN2O4/c21-13-6-7-17-15(10-13)16(24)11-18(27-17)20(25)23(12-14-4-3-9-26-14)19-5-1-2-8-22-19/h1-11H,12H2. The number of furan rings is 1. The van der Waals surface area contributed by atoms with Gasteiger partial charge < -0.3 is 8.83 Å². The minimum Gasteiger partial charge on any atom is -0.467 e. The summed E-state index contributed by atoms with van der Waals surface area (Å²) in [6.07, 6.45) is 3.10. The van der Waals surface area contributed by atoms with Gasteiger partial charge in [-0.3, -0.25) is 14.5 Å². The summed E-state index contributed by atoms with van der Waals surface area (Å²) in [4.78, 5) is 31.1. The molecule has 0 aliphatic carbocycles. The number of rotatable bonds is 4. The van der Waals surface area contributed by atoms with Crippen LogP contribution in [0.1, 0.15) is 16.3 Å². The van der Waals surface area contributed by atoms with Gasteiger partial charge in [0.1, 0.15) is 17.2 Å². The summed E-state index contributed by atoms with van der Waals surface area (Å²) in [6.45, 7) is 0.144. The number of anilines is 1. The number of hydrogen-bond acceptors (Lipinski definition) is 5. The van der Waals surface area contributed by atoms with Crippen LogP contribution in [0.3, 0.4) is 0 Å². The second-order valence-corrected chi connectivity index (χ2v) is 6.21. The molecule has 0 bridgehead atoms. The molecule has 0 radical (unpaired) electrons. The van der Waals surface area contributed by atoms with Crippen molar-refractivity contribution in [2.75, 3.05) is 4.90 Å². The maximum atomic E-state index is 13.1. The molecule has 4 aromatic rings. The van der Waals surface area contributed by atoms with E-state index in [-0.39, 0.29) is 23.3 Å². The van der Waals surface area contributed by atoms with E-state index in [1.54, 1.807) is 48.7 Å². The molecule has 1 aromatic carbocycles. The molecule has 0 aliphatic heterocycles. The van der Waals surface area contributed by atoms with Crippen molar-refractivity contribution in [1.82, 2.24) is 4.98 Å². The third kappa shape index (κ3) is 3.47. The molecule has 0 unspecified atom stereocenters. The van der Waals surface area contributed by atoms with Gasteiger partial charge in [-0.1, -0.05) is 17.7 Å². The monoisotopic (exact) mass is 380 g/mol. The molecule has 0 atom stereocenters. The highest BCUT2D eigenvalue weighted by Gasteiger charge is 2.23. The first-order valence-corrected chi connectivity index (χ1v) is 8.48. The molecule has 0 N–H and O–H groups in total. The molecule has 134 valence electrons. The van der Waals surface area contributed by atoms with Gasteiger partial charge in [-0.25, -0.2) is 4.98 Å². The topological polar surface area (TPSA) is 76.6 Å². The lowest BCUT2D eigenvalue weighted by atomic mass is 10.2. The van der Waals surface area contributed by atoms with E-state index in [2.05, 4.69) is 4.98 Å². The Morgan fingerprint density at radius 1 is 1.11 bits per heavy atom. The quantitative estimate of drug-likeness (QED) is 0.528. The fourth-order valence-corrected chi connectivity index (χ4v) is 2.87. The number of benzene rings is 1. The number of nitrogens with zero attached hydrogens (tertiary/aromatic N) is 2. The molecule has 4 rings (SSSR count). The van der Waals surface area contributed by atoms with E-state index in [0.29, 0.717) is 22.0 Å². The van der Waals surface area contributed by atoms with Crippen LogP contribution in [0.15, 0.2) is 80.7 Å². The molecule has 7 heteroatoms. The summed E-state index contributed by atoms with van der Waals surface area (Å²) in [7, 11) is 0. The molecule has 3 heterocycles. The second-order valence-electron chi connectivity index (χ2n) is 5.77. The van der Waals surface area contributed by atoms with Crippen LogP contribution in [0, 0.1) is 0 Å². The second kappa shape index (κ2) is 7.09. The summed E-state index contributed by atoms with van der Waals surface area (Å²) in [5.41, 5.74) is -0.0599. The Bertz CT molecular complexity index is 1150. The first kappa shape index (κ1) is 17.1. The largest absolute Gasteiger partial charge is 0.467 e. The van der Waals surface area contributed by atoms with Gasteiger partial charge in [0.25, 0.3) is 5.91 Å². The molecule has 0 aliphatic rings. The summed E-state index contributed by atoms with van der Waals surface area (Å²) in [6, 6.07) is 14.5. The van der Waals surface area contributed by atoms with Crippen molar-refractivity contribution in [2.24, 2.45) is 0 Å². The van der Waals surface area contributed by atoms with Crippen molar-refractivity contribution in [3.8, 4) is 0 Å². The van der Waals surface area contributed by atoms with Crippen molar-refractivity contribution in [3.05, 3.63) is 93.8 Å². The van der Waals surface area contributed by atoms with E-state index < -0.39 is 5.91 Å². The highest BCUT2D eigenvalue weighted by molar-refractivity contribution is 6.31. The first-order chi connectivity index (χ1) is 13.1. The molecule has 0 saturated heterocycles. The number of halogens is 1. The van der Waals surface area contributed by atoms with Crippen LogP contribution in [-0.2, 0) is 6.54 Å².